The zero-order valence-corrected chi connectivity index (χ0v) is 14.3. The highest BCUT2D eigenvalue weighted by Gasteiger charge is 2.36. The summed E-state index contributed by atoms with van der Waals surface area (Å²) in [7, 11) is 1.48. The molecule has 1 aliphatic rings. The predicted octanol–water partition coefficient (Wildman–Crippen LogP) is 1.30. The van der Waals surface area contributed by atoms with Crippen molar-refractivity contribution in [2.75, 3.05) is 39.9 Å². The Kier molecular flexibility index (Phi) is 5.77. The number of rotatable bonds is 5. The number of hydrogen-bond acceptors (Lipinski definition) is 4. The smallest absolute Gasteiger partial charge is 0.266 e. The normalized spacial score (nSPS) is 15.3. The van der Waals surface area contributed by atoms with E-state index in [2.05, 4.69) is 0 Å². The van der Waals surface area contributed by atoms with Crippen LogP contribution in [0.3, 0.4) is 0 Å². The number of methoxy groups -OCH3 is 1. The zero-order valence-electron chi connectivity index (χ0n) is 14.3. The maximum atomic E-state index is 13.0. The molecule has 0 radical (unpaired) electrons. The van der Waals surface area contributed by atoms with Gasteiger partial charge in [0.05, 0.1) is 0 Å². The van der Waals surface area contributed by atoms with Crippen LogP contribution in [0.15, 0.2) is 24.3 Å². The van der Waals surface area contributed by atoms with Gasteiger partial charge in [-0.2, -0.15) is 0 Å². The number of nitrogens with zero attached hydrogens (tertiary/aromatic N) is 2. The van der Waals surface area contributed by atoms with E-state index in [1.165, 1.54) is 31.4 Å². The zero-order chi connectivity index (χ0) is 17.7. The monoisotopic (exact) mass is 338 g/mol. The minimum atomic E-state index is -1.07. The third-order valence-corrected chi connectivity index (χ3v) is 3.89. The van der Waals surface area contributed by atoms with Gasteiger partial charge in [-0.05, 0) is 38.1 Å². The van der Waals surface area contributed by atoms with E-state index < -0.39 is 5.60 Å². The van der Waals surface area contributed by atoms with Crippen molar-refractivity contribution in [1.29, 1.82) is 0 Å². The average Bonchev–Trinajstić information content (AvgIpc) is 2.56. The molecule has 2 amide bonds. The van der Waals surface area contributed by atoms with Crippen LogP contribution in [0.25, 0.3) is 0 Å². The summed E-state index contributed by atoms with van der Waals surface area (Å²) in [5.74, 6) is -0.163. The highest BCUT2D eigenvalue weighted by molar-refractivity contribution is 5.85. The Morgan fingerprint density at radius 2 is 1.62 bits per heavy atom. The summed E-state index contributed by atoms with van der Waals surface area (Å²) in [6.07, 6.45) is 0. The summed E-state index contributed by atoms with van der Waals surface area (Å²) in [6.45, 7) is 5.26. The van der Waals surface area contributed by atoms with Gasteiger partial charge < -0.3 is 19.3 Å². The molecule has 132 valence electrons. The van der Waals surface area contributed by atoms with Crippen molar-refractivity contribution < 1.29 is 23.5 Å². The average molecular weight is 338 g/mol. The van der Waals surface area contributed by atoms with Crippen LogP contribution in [0.1, 0.15) is 13.8 Å². The molecule has 0 bridgehead atoms. The lowest BCUT2D eigenvalue weighted by molar-refractivity contribution is -0.150. The topological polar surface area (TPSA) is 59.1 Å². The van der Waals surface area contributed by atoms with Crippen molar-refractivity contribution in [3.63, 3.8) is 0 Å². The van der Waals surface area contributed by atoms with Crippen LogP contribution < -0.4 is 4.74 Å². The summed E-state index contributed by atoms with van der Waals surface area (Å²) >= 11 is 0. The van der Waals surface area contributed by atoms with Gasteiger partial charge in [0.2, 0.25) is 5.91 Å². The number of piperazine rings is 1. The van der Waals surface area contributed by atoms with E-state index in [1.54, 1.807) is 23.6 Å². The largest absolute Gasteiger partial charge is 0.478 e. The standard InChI is InChI=1S/C17H23FN2O4/c1-17(2,24-14-6-4-13(18)5-7-14)16(22)20-10-8-19(9-11-20)15(21)12-23-3/h4-7H,8-12H2,1-3H3. The van der Waals surface area contributed by atoms with Gasteiger partial charge in [0.1, 0.15) is 18.2 Å². The van der Waals surface area contributed by atoms with Crippen LogP contribution in [0.4, 0.5) is 4.39 Å². The molecule has 1 saturated heterocycles. The van der Waals surface area contributed by atoms with Crippen LogP contribution >= 0.6 is 0 Å². The Hall–Kier alpha value is -2.15. The summed E-state index contributed by atoms with van der Waals surface area (Å²) in [4.78, 5) is 27.8. The number of halogens is 1. The predicted molar refractivity (Wildman–Crippen MR) is 86.1 cm³/mol. The van der Waals surface area contributed by atoms with Crippen molar-refractivity contribution in [1.82, 2.24) is 9.80 Å². The van der Waals surface area contributed by atoms with Crippen LogP contribution in [0.2, 0.25) is 0 Å². The van der Waals surface area contributed by atoms with Crippen LogP contribution in [0.5, 0.6) is 5.75 Å². The number of amides is 2. The van der Waals surface area contributed by atoms with E-state index in [0.29, 0.717) is 31.9 Å². The molecule has 0 N–H and O–H groups in total. The molecule has 1 aromatic carbocycles. The maximum Gasteiger partial charge on any atom is 0.266 e. The highest BCUT2D eigenvalue weighted by atomic mass is 19.1. The third kappa shape index (κ3) is 4.44. The number of carbonyl (C=O) groups is 2. The van der Waals surface area contributed by atoms with Crippen molar-refractivity contribution in [2.45, 2.75) is 19.4 Å². The quantitative estimate of drug-likeness (QED) is 0.812. The Balaban J connectivity index is 1.93. The fourth-order valence-corrected chi connectivity index (χ4v) is 2.60. The van der Waals surface area contributed by atoms with Gasteiger partial charge in [-0.3, -0.25) is 9.59 Å². The van der Waals surface area contributed by atoms with Crippen molar-refractivity contribution in [3.8, 4) is 5.75 Å². The summed E-state index contributed by atoms with van der Waals surface area (Å²) in [5, 5.41) is 0. The molecule has 1 fully saturated rings. The van der Waals surface area contributed by atoms with E-state index in [1.807, 2.05) is 0 Å². The van der Waals surface area contributed by atoms with Gasteiger partial charge >= 0.3 is 0 Å². The second-order valence-corrected chi connectivity index (χ2v) is 6.17. The van der Waals surface area contributed by atoms with Gasteiger partial charge in [-0.25, -0.2) is 4.39 Å². The molecule has 2 rings (SSSR count). The Bertz CT molecular complexity index is 581. The van der Waals surface area contributed by atoms with E-state index in [-0.39, 0.29) is 24.2 Å². The Morgan fingerprint density at radius 1 is 1.08 bits per heavy atom. The molecule has 1 aromatic rings. The first-order valence-corrected chi connectivity index (χ1v) is 7.84. The fraction of sp³-hybridized carbons (Fsp3) is 0.529. The van der Waals surface area contributed by atoms with Gasteiger partial charge in [-0.1, -0.05) is 0 Å². The molecule has 0 spiro atoms. The minimum Gasteiger partial charge on any atom is -0.478 e. The van der Waals surface area contributed by atoms with E-state index in [9.17, 15) is 14.0 Å². The maximum absolute atomic E-state index is 13.0. The Labute approximate surface area is 141 Å². The molecule has 1 heterocycles. The van der Waals surface area contributed by atoms with E-state index >= 15 is 0 Å². The molecule has 0 saturated carbocycles. The third-order valence-electron chi connectivity index (χ3n) is 3.89. The molecule has 0 atom stereocenters. The molecule has 0 aliphatic carbocycles. The summed E-state index contributed by atoms with van der Waals surface area (Å²) in [5.41, 5.74) is -1.07. The van der Waals surface area contributed by atoms with E-state index in [4.69, 9.17) is 9.47 Å². The van der Waals surface area contributed by atoms with Crippen molar-refractivity contribution in [3.05, 3.63) is 30.1 Å². The summed E-state index contributed by atoms with van der Waals surface area (Å²) < 4.78 is 23.5. The molecule has 24 heavy (non-hydrogen) atoms. The second-order valence-electron chi connectivity index (χ2n) is 6.17. The van der Waals surface area contributed by atoms with Crippen LogP contribution in [-0.2, 0) is 14.3 Å². The SMILES string of the molecule is COCC(=O)N1CCN(C(=O)C(C)(C)Oc2ccc(F)cc2)CC1. The molecular formula is C17H23FN2O4. The van der Waals surface area contributed by atoms with Crippen LogP contribution in [-0.4, -0.2) is 67.1 Å². The van der Waals surface area contributed by atoms with Crippen molar-refractivity contribution >= 4 is 11.8 Å². The first-order valence-electron chi connectivity index (χ1n) is 7.84. The number of benzene rings is 1. The van der Waals surface area contributed by atoms with Gasteiger partial charge in [0.25, 0.3) is 5.91 Å². The number of hydrogen-bond donors (Lipinski definition) is 0. The second kappa shape index (κ2) is 7.61. The lowest BCUT2D eigenvalue weighted by Crippen LogP contribution is -2.57. The lowest BCUT2D eigenvalue weighted by Gasteiger charge is -2.38. The molecule has 0 unspecified atom stereocenters. The van der Waals surface area contributed by atoms with Crippen LogP contribution in [0, 0.1) is 5.82 Å². The molecule has 0 aromatic heterocycles. The number of carbonyl (C=O) groups excluding carboxylic acids is 2. The van der Waals surface area contributed by atoms with E-state index in [0.717, 1.165) is 0 Å². The minimum absolute atomic E-state index is 0.0487. The molecule has 7 heteroatoms. The first kappa shape index (κ1) is 18.2. The summed E-state index contributed by atoms with van der Waals surface area (Å²) in [6, 6.07) is 5.56. The van der Waals surface area contributed by atoms with Gasteiger partial charge in [-0.15, -0.1) is 0 Å². The molecule has 1 aliphatic heterocycles. The first-order chi connectivity index (χ1) is 11.3. The molecular weight excluding hydrogens is 315 g/mol. The van der Waals surface area contributed by atoms with Crippen molar-refractivity contribution in [2.24, 2.45) is 0 Å². The molecule has 6 nitrogen and oxygen atoms in total. The Morgan fingerprint density at radius 3 is 2.17 bits per heavy atom. The van der Waals surface area contributed by atoms with Gasteiger partial charge in [0.15, 0.2) is 5.60 Å². The highest BCUT2D eigenvalue weighted by Crippen LogP contribution is 2.21. The lowest BCUT2D eigenvalue weighted by atomic mass is 10.1. The number of ether oxygens (including phenoxy) is 2. The van der Waals surface area contributed by atoms with Gasteiger partial charge in [0, 0.05) is 33.3 Å². The fourth-order valence-electron chi connectivity index (χ4n) is 2.60.